The van der Waals surface area contributed by atoms with Crippen molar-refractivity contribution in [2.75, 3.05) is 23.3 Å². The van der Waals surface area contributed by atoms with Crippen molar-refractivity contribution in [1.29, 1.82) is 0 Å². The van der Waals surface area contributed by atoms with Gasteiger partial charge in [0, 0.05) is 33.5 Å². The van der Waals surface area contributed by atoms with Gasteiger partial charge in [-0.15, -0.1) is 23.2 Å². The molecule has 1 unspecified atom stereocenters. The first-order valence-electron chi connectivity index (χ1n) is 6.33. The summed E-state index contributed by atoms with van der Waals surface area (Å²) in [5.41, 5.74) is 0.479. The third kappa shape index (κ3) is 3.67. The van der Waals surface area contributed by atoms with E-state index in [1.54, 1.807) is 6.20 Å². The highest BCUT2D eigenvalue weighted by atomic mass is 79.9. The first kappa shape index (κ1) is 16.5. The lowest BCUT2D eigenvalue weighted by molar-refractivity contribution is 0.242. The maximum absolute atomic E-state index is 11.7. The Morgan fingerprint density at radius 3 is 2.50 bits per heavy atom. The van der Waals surface area contributed by atoms with Crippen LogP contribution in [0.1, 0.15) is 12.1 Å². The van der Waals surface area contributed by atoms with E-state index in [-0.39, 0.29) is 17.4 Å². The van der Waals surface area contributed by atoms with Gasteiger partial charge < -0.3 is 0 Å². The third-order valence-corrected chi connectivity index (χ3v) is 7.25. The molecule has 0 saturated carbocycles. The molecule has 1 aliphatic rings. The minimum atomic E-state index is -2.94. The normalized spacial score (nSPS) is 22.1. The van der Waals surface area contributed by atoms with E-state index in [0.717, 1.165) is 10.2 Å². The van der Waals surface area contributed by atoms with Crippen LogP contribution in [0.3, 0.4) is 0 Å². The standard InChI is InChI=1S/C13H16BrCl2NO2S/c14-11-1-2-12(17-6-11)5-13(8-15,9-16)10-3-4-20(18,19)7-10/h1-2,6,10H,3-5,7-9H2. The number of aromatic nitrogens is 1. The minimum absolute atomic E-state index is 0.00736. The van der Waals surface area contributed by atoms with Crippen molar-refractivity contribution in [2.24, 2.45) is 11.3 Å². The molecule has 112 valence electrons. The van der Waals surface area contributed by atoms with Crippen molar-refractivity contribution in [2.45, 2.75) is 12.8 Å². The Balaban J connectivity index is 2.23. The number of halogens is 3. The molecule has 0 bridgehead atoms. The van der Waals surface area contributed by atoms with Gasteiger partial charge in [0.1, 0.15) is 0 Å². The highest BCUT2D eigenvalue weighted by Gasteiger charge is 2.44. The lowest BCUT2D eigenvalue weighted by Crippen LogP contribution is -2.38. The zero-order valence-corrected chi connectivity index (χ0v) is 14.8. The second-order valence-corrected chi connectivity index (χ2v) is 9.05. The second-order valence-electron chi connectivity index (χ2n) is 5.37. The quantitative estimate of drug-likeness (QED) is 0.712. The molecule has 3 nitrogen and oxygen atoms in total. The highest BCUT2D eigenvalue weighted by molar-refractivity contribution is 9.10. The van der Waals surface area contributed by atoms with Crippen LogP contribution in [0, 0.1) is 11.3 Å². The number of sulfone groups is 1. The molecule has 1 aliphatic heterocycles. The van der Waals surface area contributed by atoms with E-state index >= 15 is 0 Å². The molecule has 20 heavy (non-hydrogen) atoms. The van der Waals surface area contributed by atoms with Gasteiger partial charge in [0.2, 0.25) is 0 Å². The highest BCUT2D eigenvalue weighted by Crippen LogP contribution is 2.40. The monoisotopic (exact) mass is 399 g/mol. The predicted molar refractivity (Wildman–Crippen MR) is 86.3 cm³/mol. The van der Waals surface area contributed by atoms with E-state index in [9.17, 15) is 8.42 Å². The summed E-state index contributed by atoms with van der Waals surface area (Å²) in [5.74, 6) is 1.11. The van der Waals surface area contributed by atoms with Gasteiger partial charge in [-0.2, -0.15) is 0 Å². The van der Waals surface area contributed by atoms with Gasteiger partial charge in [-0.05, 0) is 46.8 Å². The number of hydrogen-bond donors (Lipinski definition) is 0. The maximum Gasteiger partial charge on any atom is 0.150 e. The summed E-state index contributed by atoms with van der Waals surface area (Å²) in [6, 6.07) is 3.84. The molecule has 0 spiro atoms. The molecule has 7 heteroatoms. The molecule has 0 aromatic carbocycles. The molecular formula is C13H16BrCl2NO2S. The Morgan fingerprint density at radius 2 is 2.05 bits per heavy atom. The van der Waals surface area contributed by atoms with Gasteiger partial charge in [-0.25, -0.2) is 8.42 Å². The smallest absolute Gasteiger partial charge is 0.150 e. The Labute approximate surface area is 138 Å². The Hall–Kier alpha value is 0.160. The average Bonchev–Trinajstić information content (AvgIpc) is 2.79. The van der Waals surface area contributed by atoms with Gasteiger partial charge in [0.25, 0.3) is 0 Å². The fraction of sp³-hybridized carbons (Fsp3) is 0.615. The van der Waals surface area contributed by atoms with Gasteiger partial charge >= 0.3 is 0 Å². The number of nitrogens with zero attached hydrogens (tertiary/aromatic N) is 1. The van der Waals surface area contributed by atoms with Crippen LogP contribution in [0.25, 0.3) is 0 Å². The fourth-order valence-electron chi connectivity index (χ4n) is 2.64. The molecule has 2 heterocycles. The molecular weight excluding hydrogens is 385 g/mol. The SMILES string of the molecule is O=S1(=O)CCC(C(CCl)(CCl)Cc2ccc(Br)cn2)C1. The molecule has 0 amide bonds. The van der Waals surface area contributed by atoms with E-state index in [4.69, 9.17) is 23.2 Å². The van der Waals surface area contributed by atoms with Crippen molar-refractivity contribution < 1.29 is 8.42 Å². The van der Waals surface area contributed by atoms with Crippen molar-refractivity contribution >= 4 is 49.0 Å². The third-order valence-electron chi connectivity index (χ3n) is 3.95. The summed E-state index contributed by atoms with van der Waals surface area (Å²) in [6.45, 7) is 0. The summed E-state index contributed by atoms with van der Waals surface area (Å²) < 4.78 is 24.3. The largest absolute Gasteiger partial charge is 0.260 e. The molecule has 1 saturated heterocycles. The van der Waals surface area contributed by atoms with Crippen LogP contribution in [-0.2, 0) is 16.3 Å². The Bertz CT molecular complexity index is 558. The maximum atomic E-state index is 11.7. The van der Waals surface area contributed by atoms with Gasteiger partial charge in [-0.3, -0.25) is 4.98 Å². The number of rotatable bonds is 5. The van der Waals surface area contributed by atoms with E-state index in [2.05, 4.69) is 20.9 Å². The van der Waals surface area contributed by atoms with E-state index in [0.29, 0.717) is 24.6 Å². The fourth-order valence-corrected chi connectivity index (χ4v) is 5.73. The Morgan fingerprint density at radius 1 is 1.35 bits per heavy atom. The predicted octanol–water partition coefficient (Wildman–Crippen LogP) is 3.29. The van der Waals surface area contributed by atoms with E-state index < -0.39 is 15.3 Å². The molecule has 0 N–H and O–H groups in total. The topological polar surface area (TPSA) is 47.0 Å². The van der Waals surface area contributed by atoms with Crippen LogP contribution >= 0.6 is 39.1 Å². The average molecular weight is 401 g/mol. The van der Waals surface area contributed by atoms with E-state index in [1.165, 1.54) is 0 Å². The van der Waals surface area contributed by atoms with Crippen LogP contribution in [-0.4, -0.2) is 36.7 Å². The van der Waals surface area contributed by atoms with Crippen LogP contribution in [0.2, 0.25) is 0 Å². The Kier molecular flexibility index (Phi) is 5.38. The molecule has 0 radical (unpaired) electrons. The van der Waals surface area contributed by atoms with Crippen LogP contribution in [0.5, 0.6) is 0 Å². The molecule has 1 fully saturated rings. The summed E-state index contributed by atoms with van der Waals surface area (Å²) in [4.78, 5) is 4.35. The lowest BCUT2D eigenvalue weighted by atomic mass is 9.74. The lowest BCUT2D eigenvalue weighted by Gasteiger charge is -2.35. The van der Waals surface area contributed by atoms with Crippen molar-refractivity contribution in [1.82, 2.24) is 4.98 Å². The van der Waals surface area contributed by atoms with Gasteiger partial charge in [0.05, 0.1) is 11.5 Å². The summed E-state index contributed by atoms with van der Waals surface area (Å²) >= 11 is 15.7. The zero-order chi connectivity index (χ0) is 14.8. The van der Waals surface area contributed by atoms with Gasteiger partial charge in [0.15, 0.2) is 9.84 Å². The number of hydrogen-bond acceptors (Lipinski definition) is 3. The summed E-state index contributed by atoms with van der Waals surface area (Å²) in [5, 5.41) is 0. The van der Waals surface area contributed by atoms with Gasteiger partial charge in [-0.1, -0.05) is 0 Å². The number of pyridine rings is 1. The molecule has 0 aliphatic carbocycles. The van der Waals surface area contributed by atoms with Crippen molar-refractivity contribution in [3.8, 4) is 0 Å². The summed E-state index contributed by atoms with van der Waals surface area (Å²) in [7, 11) is -2.94. The first-order chi connectivity index (χ1) is 9.41. The van der Waals surface area contributed by atoms with Crippen molar-refractivity contribution in [3.63, 3.8) is 0 Å². The van der Waals surface area contributed by atoms with Crippen LogP contribution < -0.4 is 0 Å². The molecule has 1 aromatic rings. The molecule has 1 aromatic heterocycles. The second kappa shape index (κ2) is 6.51. The van der Waals surface area contributed by atoms with Crippen molar-refractivity contribution in [3.05, 3.63) is 28.5 Å². The molecule has 1 atom stereocenters. The first-order valence-corrected chi connectivity index (χ1v) is 10.0. The zero-order valence-electron chi connectivity index (χ0n) is 10.9. The van der Waals surface area contributed by atoms with Crippen LogP contribution in [0.4, 0.5) is 0 Å². The van der Waals surface area contributed by atoms with Crippen LogP contribution in [0.15, 0.2) is 22.8 Å². The summed E-state index contributed by atoms with van der Waals surface area (Å²) in [6.07, 6.45) is 2.97. The van der Waals surface area contributed by atoms with E-state index in [1.807, 2.05) is 12.1 Å². The molecule has 2 rings (SSSR count). The number of alkyl halides is 2. The minimum Gasteiger partial charge on any atom is -0.260 e.